The van der Waals surface area contributed by atoms with Gasteiger partial charge in [0.05, 0.1) is 16.8 Å². The number of nitrogen functional groups attached to an aromatic ring is 1. The van der Waals surface area contributed by atoms with Crippen molar-refractivity contribution in [3.8, 4) is 0 Å². The summed E-state index contributed by atoms with van der Waals surface area (Å²) >= 11 is 5.87. The van der Waals surface area contributed by atoms with Gasteiger partial charge in [0.15, 0.2) is 0 Å². The maximum atomic E-state index is 11.8. The SMILES string of the molecule is CC1CCC(C(=O)Nc2ccc(N)c(Cl)c2)O1. The molecule has 1 fully saturated rings. The van der Waals surface area contributed by atoms with Crippen LogP contribution < -0.4 is 11.1 Å². The van der Waals surface area contributed by atoms with E-state index in [1.165, 1.54) is 0 Å². The summed E-state index contributed by atoms with van der Waals surface area (Å²) in [6.07, 6.45) is 1.47. The molecule has 0 saturated carbocycles. The van der Waals surface area contributed by atoms with Gasteiger partial charge in [0.2, 0.25) is 0 Å². The zero-order valence-electron chi connectivity index (χ0n) is 9.57. The van der Waals surface area contributed by atoms with Crippen molar-refractivity contribution in [2.45, 2.75) is 32.0 Å². The quantitative estimate of drug-likeness (QED) is 0.797. The van der Waals surface area contributed by atoms with E-state index in [0.29, 0.717) is 16.4 Å². The molecule has 1 amide bonds. The number of hydrogen-bond acceptors (Lipinski definition) is 3. The Morgan fingerprint density at radius 3 is 2.88 bits per heavy atom. The Bertz CT molecular complexity index is 437. The van der Waals surface area contributed by atoms with E-state index in [-0.39, 0.29) is 18.1 Å². The number of nitrogens with one attached hydrogen (secondary N) is 1. The summed E-state index contributed by atoms with van der Waals surface area (Å²) in [4.78, 5) is 11.8. The minimum absolute atomic E-state index is 0.129. The van der Waals surface area contributed by atoms with Gasteiger partial charge >= 0.3 is 0 Å². The van der Waals surface area contributed by atoms with Crippen molar-refractivity contribution in [2.75, 3.05) is 11.1 Å². The van der Waals surface area contributed by atoms with Gasteiger partial charge in [0, 0.05) is 5.69 Å². The van der Waals surface area contributed by atoms with Gasteiger partial charge in [0.1, 0.15) is 6.10 Å². The number of halogens is 1. The molecule has 17 heavy (non-hydrogen) atoms. The Morgan fingerprint density at radius 1 is 1.53 bits per heavy atom. The minimum atomic E-state index is -0.360. The third-order valence-electron chi connectivity index (χ3n) is 2.79. The highest BCUT2D eigenvalue weighted by Gasteiger charge is 2.28. The van der Waals surface area contributed by atoms with Crippen molar-refractivity contribution in [3.63, 3.8) is 0 Å². The Balaban J connectivity index is 2.00. The molecule has 1 aliphatic heterocycles. The average molecular weight is 255 g/mol. The number of nitrogens with two attached hydrogens (primary N) is 1. The van der Waals surface area contributed by atoms with Crippen molar-refractivity contribution in [3.05, 3.63) is 23.2 Å². The van der Waals surface area contributed by atoms with Crippen LogP contribution in [0, 0.1) is 0 Å². The van der Waals surface area contributed by atoms with E-state index in [0.717, 1.165) is 12.8 Å². The Labute approximate surface area is 105 Å². The average Bonchev–Trinajstić information content (AvgIpc) is 2.70. The van der Waals surface area contributed by atoms with Gasteiger partial charge in [-0.15, -0.1) is 0 Å². The van der Waals surface area contributed by atoms with Crippen molar-refractivity contribution in [1.29, 1.82) is 0 Å². The van der Waals surface area contributed by atoms with Gasteiger partial charge in [0.25, 0.3) is 5.91 Å². The van der Waals surface area contributed by atoms with E-state index in [2.05, 4.69) is 5.32 Å². The number of carbonyl (C=O) groups is 1. The maximum Gasteiger partial charge on any atom is 0.253 e. The molecular weight excluding hydrogens is 240 g/mol. The first-order valence-corrected chi connectivity index (χ1v) is 5.95. The van der Waals surface area contributed by atoms with Crippen molar-refractivity contribution in [2.24, 2.45) is 0 Å². The molecule has 5 heteroatoms. The number of amides is 1. The van der Waals surface area contributed by atoms with Crippen LogP contribution in [0.25, 0.3) is 0 Å². The number of anilines is 2. The second-order valence-electron chi connectivity index (χ2n) is 4.24. The number of benzene rings is 1. The van der Waals surface area contributed by atoms with Crippen molar-refractivity contribution < 1.29 is 9.53 Å². The summed E-state index contributed by atoms with van der Waals surface area (Å²) in [5.74, 6) is -0.129. The molecular formula is C12H15ClN2O2. The first-order chi connectivity index (χ1) is 8.06. The predicted molar refractivity (Wildman–Crippen MR) is 68.1 cm³/mol. The first kappa shape index (κ1) is 12.2. The van der Waals surface area contributed by atoms with Gasteiger partial charge in [-0.05, 0) is 38.0 Å². The second kappa shape index (κ2) is 4.94. The normalized spacial score (nSPS) is 23.6. The molecule has 2 atom stereocenters. The number of carbonyl (C=O) groups excluding carboxylic acids is 1. The van der Waals surface area contributed by atoms with E-state index in [4.69, 9.17) is 22.1 Å². The largest absolute Gasteiger partial charge is 0.398 e. The molecule has 1 aliphatic rings. The third kappa shape index (κ3) is 2.90. The monoisotopic (exact) mass is 254 g/mol. The first-order valence-electron chi connectivity index (χ1n) is 5.57. The summed E-state index contributed by atoms with van der Waals surface area (Å²) in [6, 6.07) is 5.01. The standard InChI is InChI=1S/C12H15ClN2O2/c1-7-2-5-11(17-7)12(16)15-8-3-4-10(14)9(13)6-8/h3-4,6-7,11H,2,5,14H2,1H3,(H,15,16). The fourth-order valence-electron chi connectivity index (χ4n) is 1.82. The second-order valence-corrected chi connectivity index (χ2v) is 4.65. The zero-order valence-corrected chi connectivity index (χ0v) is 10.3. The minimum Gasteiger partial charge on any atom is -0.398 e. The molecule has 0 spiro atoms. The number of hydrogen-bond donors (Lipinski definition) is 2. The summed E-state index contributed by atoms with van der Waals surface area (Å²) in [5.41, 5.74) is 6.72. The van der Waals surface area contributed by atoms with Crippen molar-refractivity contribution >= 4 is 28.9 Å². The molecule has 2 rings (SSSR count). The molecule has 0 bridgehead atoms. The van der Waals surface area contributed by atoms with Crippen LogP contribution in [-0.4, -0.2) is 18.1 Å². The Kier molecular flexibility index (Phi) is 3.54. The van der Waals surface area contributed by atoms with Gasteiger partial charge in [-0.3, -0.25) is 4.79 Å². The van der Waals surface area contributed by atoms with Gasteiger partial charge < -0.3 is 15.8 Å². The van der Waals surface area contributed by atoms with Crippen LogP contribution in [0.3, 0.4) is 0 Å². The van der Waals surface area contributed by atoms with Crippen LogP contribution in [0.15, 0.2) is 18.2 Å². The van der Waals surface area contributed by atoms with E-state index < -0.39 is 0 Å². The van der Waals surface area contributed by atoms with Gasteiger partial charge in [-0.2, -0.15) is 0 Å². The fraction of sp³-hybridized carbons (Fsp3) is 0.417. The highest BCUT2D eigenvalue weighted by molar-refractivity contribution is 6.33. The van der Waals surface area contributed by atoms with Crippen molar-refractivity contribution in [1.82, 2.24) is 0 Å². The zero-order chi connectivity index (χ0) is 12.4. The van der Waals surface area contributed by atoms with E-state index in [1.807, 2.05) is 6.92 Å². The Morgan fingerprint density at radius 2 is 2.29 bits per heavy atom. The number of rotatable bonds is 2. The van der Waals surface area contributed by atoms with Crippen LogP contribution in [-0.2, 0) is 9.53 Å². The highest BCUT2D eigenvalue weighted by atomic mass is 35.5. The lowest BCUT2D eigenvalue weighted by molar-refractivity contribution is -0.126. The van der Waals surface area contributed by atoms with Gasteiger partial charge in [-0.1, -0.05) is 11.6 Å². The van der Waals surface area contributed by atoms with Gasteiger partial charge in [-0.25, -0.2) is 0 Å². The third-order valence-corrected chi connectivity index (χ3v) is 3.12. The topological polar surface area (TPSA) is 64.4 Å². The lowest BCUT2D eigenvalue weighted by atomic mass is 10.2. The summed E-state index contributed by atoms with van der Waals surface area (Å²) in [5, 5.41) is 3.20. The van der Waals surface area contributed by atoms with Crippen LogP contribution in [0.4, 0.5) is 11.4 Å². The van der Waals surface area contributed by atoms with Crippen LogP contribution in [0.1, 0.15) is 19.8 Å². The molecule has 92 valence electrons. The van der Waals surface area contributed by atoms with Crippen LogP contribution >= 0.6 is 11.6 Å². The molecule has 1 heterocycles. The molecule has 0 radical (unpaired) electrons. The van der Waals surface area contributed by atoms with Crippen LogP contribution in [0.5, 0.6) is 0 Å². The number of ether oxygens (including phenoxy) is 1. The van der Waals surface area contributed by atoms with E-state index in [1.54, 1.807) is 18.2 Å². The molecule has 0 aliphatic carbocycles. The molecule has 0 aromatic heterocycles. The smallest absolute Gasteiger partial charge is 0.253 e. The maximum absolute atomic E-state index is 11.8. The summed E-state index contributed by atoms with van der Waals surface area (Å²) in [7, 11) is 0. The molecule has 1 aromatic carbocycles. The van der Waals surface area contributed by atoms with Crippen LogP contribution in [0.2, 0.25) is 5.02 Å². The molecule has 1 saturated heterocycles. The fourth-order valence-corrected chi connectivity index (χ4v) is 2.00. The highest BCUT2D eigenvalue weighted by Crippen LogP contribution is 2.24. The van der Waals surface area contributed by atoms with E-state index in [9.17, 15) is 4.79 Å². The lowest BCUT2D eigenvalue weighted by Crippen LogP contribution is -2.27. The molecule has 4 nitrogen and oxygen atoms in total. The summed E-state index contributed by atoms with van der Waals surface area (Å²) in [6.45, 7) is 1.97. The molecule has 2 unspecified atom stereocenters. The lowest BCUT2D eigenvalue weighted by Gasteiger charge is -2.12. The Hall–Kier alpha value is -1.26. The molecule has 1 aromatic rings. The van der Waals surface area contributed by atoms with E-state index >= 15 is 0 Å². The molecule has 3 N–H and O–H groups in total. The summed E-state index contributed by atoms with van der Waals surface area (Å²) < 4.78 is 5.48. The predicted octanol–water partition coefficient (Wildman–Crippen LogP) is 2.43.